The molecule has 0 spiro atoms. The molecule has 0 aromatic carbocycles. The first-order valence-electron chi connectivity index (χ1n) is 7.98. The largest absolute Gasteiger partial charge is 0.325 e. The average Bonchev–Trinajstić information content (AvgIpc) is 3.03. The van der Waals surface area contributed by atoms with Gasteiger partial charge in [-0.3, -0.25) is 4.68 Å². The van der Waals surface area contributed by atoms with E-state index in [9.17, 15) is 0 Å². The Labute approximate surface area is 116 Å². The molecule has 3 rings (SSSR count). The van der Waals surface area contributed by atoms with Gasteiger partial charge < -0.3 is 5.73 Å². The van der Waals surface area contributed by atoms with E-state index in [0.717, 1.165) is 25.2 Å². The molecule has 1 heterocycles. The van der Waals surface area contributed by atoms with E-state index < -0.39 is 0 Å². The monoisotopic (exact) mass is 261 g/mol. The third-order valence-electron chi connectivity index (χ3n) is 5.17. The van der Waals surface area contributed by atoms with Crippen molar-refractivity contribution in [3.05, 3.63) is 18.0 Å². The molecule has 106 valence electrons. The fraction of sp³-hybridized carbons (Fsp3) is 0.812. The van der Waals surface area contributed by atoms with Gasteiger partial charge in [-0.25, -0.2) is 0 Å². The quantitative estimate of drug-likeness (QED) is 0.905. The van der Waals surface area contributed by atoms with Crippen LogP contribution in [0.15, 0.2) is 12.3 Å². The van der Waals surface area contributed by atoms with Gasteiger partial charge in [-0.05, 0) is 50.5 Å². The molecule has 2 N–H and O–H groups in total. The van der Waals surface area contributed by atoms with Crippen molar-refractivity contribution in [3.8, 4) is 0 Å². The van der Waals surface area contributed by atoms with Gasteiger partial charge in [0.1, 0.15) is 0 Å². The smallest absolute Gasteiger partial charge is 0.0643 e. The number of aromatic nitrogens is 2. The molecule has 1 aromatic heterocycles. The summed E-state index contributed by atoms with van der Waals surface area (Å²) in [6.07, 6.45) is 13.3. The van der Waals surface area contributed by atoms with Crippen molar-refractivity contribution in [3.63, 3.8) is 0 Å². The molecule has 1 aromatic rings. The summed E-state index contributed by atoms with van der Waals surface area (Å²) in [6, 6.07) is 2.83. The van der Waals surface area contributed by atoms with E-state index in [-0.39, 0.29) is 5.54 Å². The summed E-state index contributed by atoms with van der Waals surface area (Å²) < 4.78 is 2.19. The van der Waals surface area contributed by atoms with Crippen LogP contribution in [0, 0.1) is 5.92 Å². The van der Waals surface area contributed by atoms with Gasteiger partial charge in [0.2, 0.25) is 0 Å². The zero-order valence-corrected chi connectivity index (χ0v) is 12.1. The van der Waals surface area contributed by atoms with E-state index >= 15 is 0 Å². The van der Waals surface area contributed by atoms with Crippen LogP contribution in [0.4, 0.5) is 0 Å². The van der Waals surface area contributed by atoms with Crippen LogP contribution in [-0.2, 0) is 6.42 Å². The molecule has 3 heteroatoms. The van der Waals surface area contributed by atoms with Crippen molar-refractivity contribution in [2.24, 2.45) is 11.7 Å². The summed E-state index contributed by atoms with van der Waals surface area (Å²) >= 11 is 0. The molecule has 2 aliphatic rings. The highest BCUT2D eigenvalue weighted by molar-refractivity contribution is 5.07. The standard InChI is InChI=1S/C16H27N3/c1-13-6-9-16(17,10-7-13)12-14-8-11-19(18-14)15-4-2-3-5-15/h8,11,13,15H,2-7,9-10,12,17H2,1H3. The molecule has 0 saturated heterocycles. The van der Waals surface area contributed by atoms with Crippen LogP contribution in [0.2, 0.25) is 0 Å². The molecule has 0 aliphatic heterocycles. The summed E-state index contributed by atoms with van der Waals surface area (Å²) in [5.41, 5.74) is 7.77. The van der Waals surface area contributed by atoms with Gasteiger partial charge >= 0.3 is 0 Å². The summed E-state index contributed by atoms with van der Waals surface area (Å²) in [7, 11) is 0. The van der Waals surface area contributed by atoms with Crippen LogP contribution >= 0.6 is 0 Å². The molecular formula is C16H27N3. The minimum Gasteiger partial charge on any atom is -0.325 e. The Kier molecular flexibility index (Phi) is 3.66. The first kappa shape index (κ1) is 13.2. The maximum atomic E-state index is 6.57. The topological polar surface area (TPSA) is 43.8 Å². The molecule has 0 radical (unpaired) electrons. The fourth-order valence-electron chi connectivity index (χ4n) is 3.72. The normalized spacial score (nSPS) is 32.8. The summed E-state index contributed by atoms with van der Waals surface area (Å²) in [5, 5.41) is 4.79. The second-order valence-electron chi connectivity index (χ2n) is 6.95. The lowest BCUT2D eigenvalue weighted by Gasteiger charge is -2.35. The van der Waals surface area contributed by atoms with Crippen molar-refractivity contribution in [1.82, 2.24) is 9.78 Å². The summed E-state index contributed by atoms with van der Waals surface area (Å²) in [4.78, 5) is 0. The third kappa shape index (κ3) is 3.02. The highest BCUT2D eigenvalue weighted by Gasteiger charge is 2.31. The third-order valence-corrected chi connectivity index (χ3v) is 5.17. The summed E-state index contributed by atoms with van der Waals surface area (Å²) in [6.45, 7) is 2.34. The van der Waals surface area contributed by atoms with E-state index in [4.69, 9.17) is 10.8 Å². The van der Waals surface area contributed by atoms with Crippen molar-refractivity contribution in [2.75, 3.05) is 0 Å². The lowest BCUT2D eigenvalue weighted by atomic mass is 9.75. The second kappa shape index (κ2) is 5.28. The number of nitrogens with zero attached hydrogens (tertiary/aromatic N) is 2. The maximum absolute atomic E-state index is 6.57. The Morgan fingerprint density at radius 1 is 1.26 bits per heavy atom. The van der Waals surface area contributed by atoms with E-state index in [1.165, 1.54) is 44.2 Å². The van der Waals surface area contributed by atoms with E-state index in [1.807, 2.05) is 0 Å². The van der Waals surface area contributed by atoms with Crippen LogP contribution in [0.5, 0.6) is 0 Å². The predicted octanol–water partition coefficient (Wildman–Crippen LogP) is 3.45. The Bertz CT molecular complexity index is 409. The van der Waals surface area contributed by atoms with Crippen molar-refractivity contribution in [1.29, 1.82) is 0 Å². The highest BCUT2D eigenvalue weighted by Crippen LogP contribution is 2.33. The maximum Gasteiger partial charge on any atom is 0.0643 e. The Balaban J connectivity index is 1.63. The number of rotatable bonds is 3. The summed E-state index contributed by atoms with van der Waals surface area (Å²) in [5.74, 6) is 0.854. The predicted molar refractivity (Wildman–Crippen MR) is 78.0 cm³/mol. The second-order valence-corrected chi connectivity index (χ2v) is 6.95. The minimum absolute atomic E-state index is 0.00136. The van der Waals surface area contributed by atoms with Gasteiger partial charge in [-0.15, -0.1) is 0 Å². The van der Waals surface area contributed by atoms with E-state index in [1.54, 1.807) is 0 Å². The van der Waals surface area contributed by atoms with Gasteiger partial charge in [0.15, 0.2) is 0 Å². The molecule has 0 atom stereocenters. The Hall–Kier alpha value is -0.830. The number of hydrogen-bond donors (Lipinski definition) is 1. The van der Waals surface area contributed by atoms with Crippen LogP contribution in [0.1, 0.15) is 70.0 Å². The minimum atomic E-state index is 0.00136. The van der Waals surface area contributed by atoms with Gasteiger partial charge in [0.05, 0.1) is 11.7 Å². The van der Waals surface area contributed by atoms with Gasteiger partial charge in [0.25, 0.3) is 0 Å². The average molecular weight is 261 g/mol. The molecule has 3 nitrogen and oxygen atoms in total. The van der Waals surface area contributed by atoms with Crippen molar-refractivity contribution >= 4 is 0 Å². The van der Waals surface area contributed by atoms with Crippen LogP contribution in [0.25, 0.3) is 0 Å². The zero-order valence-electron chi connectivity index (χ0n) is 12.1. The van der Waals surface area contributed by atoms with Gasteiger partial charge in [-0.1, -0.05) is 19.8 Å². The molecule has 2 fully saturated rings. The lowest BCUT2D eigenvalue weighted by molar-refractivity contribution is 0.241. The van der Waals surface area contributed by atoms with Crippen LogP contribution in [0.3, 0.4) is 0 Å². The number of nitrogens with two attached hydrogens (primary N) is 1. The first-order valence-corrected chi connectivity index (χ1v) is 7.98. The molecule has 2 aliphatic carbocycles. The number of hydrogen-bond acceptors (Lipinski definition) is 2. The highest BCUT2D eigenvalue weighted by atomic mass is 15.3. The zero-order chi connectivity index (χ0) is 13.3. The molecule has 0 amide bonds. The van der Waals surface area contributed by atoms with E-state index in [2.05, 4.69) is 23.9 Å². The van der Waals surface area contributed by atoms with Crippen LogP contribution in [-0.4, -0.2) is 15.3 Å². The molecule has 19 heavy (non-hydrogen) atoms. The molecule has 2 saturated carbocycles. The van der Waals surface area contributed by atoms with Crippen molar-refractivity contribution in [2.45, 2.75) is 76.3 Å². The van der Waals surface area contributed by atoms with Gasteiger partial charge in [0, 0.05) is 18.2 Å². The first-order chi connectivity index (χ1) is 9.15. The molecule has 0 unspecified atom stereocenters. The SMILES string of the molecule is CC1CCC(N)(Cc2ccn(C3CCCC3)n2)CC1. The van der Waals surface area contributed by atoms with E-state index in [0.29, 0.717) is 6.04 Å². The molecule has 0 bridgehead atoms. The lowest BCUT2D eigenvalue weighted by Crippen LogP contribution is -2.45. The Morgan fingerprint density at radius 3 is 2.63 bits per heavy atom. The molecular weight excluding hydrogens is 234 g/mol. The van der Waals surface area contributed by atoms with Crippen LogP contribution < -0.4 is 5.73 Å². The Morgan fingerprint density at radius 2 is 1.95 bits per heavy atom. The fourth-order valence-corrected chi connectivity index (χ4v) is 3.72. The van der Waals surface area contributed by atoms with Crippen molar-refractivity contribution < 1.29 is 0 Å². The van der Waals surface area contributed by atoms with Gasteiger partial charge in [-0.2, -0.15) is 5.10 Å².